The molecule has 1 aliphatic rings. The van der Waals surface area contributed by atoms with Crippen LogP contribution >= 0.6 is 0 Å². The second-order valence-electron chi connectivity index (χ2n) is 3.72. The lowest BCUT2D eigenvalue weighted by atomic mass is 10.1. The molecule has 0 bridgehead atoms. The van der Waals surface area contributed by atoms with Crippen LogP contribution in [-0.4, -0.2) is 31.2 Å². The van der Waals surface area contributed by atoms with Gasteiger partial charge in [-0.2, -0.15) is 0 Å². The van der Waals surface area contributed by atoms with Crippen LogP contribution in [0, 0.1) is 0 Å². The first kappa shape index (κ1) is 10.8. The van der Waals surface area contributed by atoms with E-state index in [0.29, 0.717) is 25.4 Å². The van der Waals surface area contributed by atoms with Crippen LogP contribution in [0.5, 0.6) is 0 Å². The fraction of sp³-hybridized carbons (Fsp3) is 0.364. The number of hydrogen-bond acceptors (Lipinski definition) is 3. The fourth-order valence-corrected chi connectivity index (χ4v) is 1.74. The summed E-state index contributed by atoms with van der Waals surface area (Å²) >= 11 is 0. The van der Waals surface area contributed by atoms with Crippen molar-refractivity contribution in [3.63, 3.8) is 0 Å². The van der Waals surface area contributed by atoms with Gasteiger partial charge in [0.1, 0.15) is 0 Å². The molecule has 0 fully saturated rings. The maximum Gasteiger partial charge on any atom is 0.322 e. The summed E-state index contributed by atoms with van der Waals surface area (Å²) in [6, 6.07) is 5.43. The highest BCUT2D eigenvalue weighted by molar-refractivity contribution is 5.93. The molecule has 2 amide bonds. The zero-order chi connectivity index (χ0) is 11.5. The van der Waals surface area contributed by atoms with Crippen LogP contribution < -0.4 is 11.1 Å². The Hall–Kier alpha value is -1.75. The van der Waals surface area contributed by atoms with Gasteiger partial charge in [-0.1, -0.05) is 6.07 Å². The second-order valence-corrected chi connectivity index (χ2v) is 3.72. The van der Waals surface area contributed by atoms with E-state index in [1.165, 1.54) is 0 Å². The zero-order valence-electron chi connectivity index (χ0n) is 9.19. The molecular weight excluding hydrogens is 206 g/mol. The van der Waals surface area contributed by atoms with Gasteiger partial charge in [0.2, 0.25) is 0 Å². The zero-order valence-corrected chi connectivity index (χ0v) is 9.19. The third kappa shape index (κ3) is 1.94. The molecule has 1 aliphatic heterocycles. The SMILES string of the molecule is COCCN1Cc2c(N)cccc2NC1=O. The molecule has 0 saturated heterocycles. The molecular formula is C11H15N3O2. The number of hydrogen-bond donors (Lipinski definition) is 2. The first-order valence-electron chi connectivity index (χ1n) is 5.14. The number of ether oxygens (including phenoxy) is 1. The average molecular weight is 221 g/mol. The van der Waals surface area contributed by atoms with E-state index in [9.17, 15) is 4.79 Å². The number of anilines is 2. The van der Waals surface area contributed by atoms with Gasteiger partial charge in [0.05, 0.1) is 13.2 Å². The minimum atomic E-state index is -0.102. The van der Waals surface area contributed by atoms with Gasteiger partial charge >= 0.3 is 6.03 Å². The van der Waals surface area contributed by atoms with Crippen molar-refractivity contribution < 1.29 is 9.53 Å². The van der Waals surface area contributed by atoms with Crippen molar-refractivity contribution in [2.75, 3.05) is 31.3 Å². The van der Waals surface area contributed by atoms with Crippen molar-refractivity contribution >= 4 is 17.4 Å². The Morgan fingerprint density at radius 3 is 3.12 bits per heavy atom. The van der Waals surface area contributed by atoms with E-state index in [0.717, 1.165) is 11.3 Å². The van der Waals surface area contributed by atoms with Crippen LogP contribution in [-0.2, 0) is 11.3 Å². The Labute approximate surface area is 94.2 Å². The molecule has 0 spiro atoms. The van der Waals surface area contributed by atoms with Gasteiger partial charge in [0.15, 0.2) is 0 Å². The maximum atomic E-state index is 11.7. The topological polar surface area (TPSA) is 67.6 Å². The number of carbonyl (C=O) groups excluding carboxylic acids is 1. The summed E-state index contributed by atoms with van der Waals surface area (Å²) in [5, 5.41) is 2.81. The normalized spacial score (nSPS) is 14.6. The summed E-state index contributed by atoms with van der Waals surface area (Å²) in [6.07, 6.45) is 0. The molecule has 3 N–H and O–H groups in total. The largest absolute Gasteiger partial charge is 0.398 e. The molecule has 1 aromatic carbocycles. The van der Waals surface area contributed by atoms with Crippen molar-refractivity contribution in [2.24, 2.45) is 0 Å². The molecule has 0 radical (unpaired) electrons. The Bertz CT molecular complexity index is 406. The number of nitrogens with one attached hydrogen (secondary N) is 1. The number of benzene rings is 1. The van der Waals surface area contributed by atoms with E-state index >= 15 is 0 Å². The highest BCUT2D eigenvalue weighted by atomic mass is 16.5. The lowest BCUT2D eigenvalue weighted by molar-refractivity contribution is 0.151. The van der Waals surface area contributed by atoms with Crippen molar-refractivity contribution in [3.05, 3.63) is 23.8 Å². The third-order valence-corrected chi connectivity index (χ3v) is 2.66. The van der Waals surface area contributed by atoms with Crippen LogP contribution in [0.3, 0.4) is 0 Å². The van der Waals surface area contributed by atoms with Crippen molar-refractivity contribution in [2.45, 2.75) is 6.54 Å². The number of nitrogen functional groups attached to an aromatic ring is 1. The van der Waals surface area contributed by atoms with Crippen LogP contribution in [0.4, 0.5) is 16.2 Å². The number of urea groups is 1. The molecule has 1 heterocycles. The van der Waals surface area contributed by atoms with E-state index in [1.807, 2.05) is 18.2 Å². The van der Waals surface area contributed by atoms with Crippen LogP contribution in [0.2, 0.25) is 0 Å². The lowest BCUT2D eigenvalue weighted by Crippen LogP contribution is -2.40. The van der Waals surface area contributed by atoms with Gasteiger partial charge in [-0.05, 0) is 12.1 Å². The van der Waals surface area contributed by atoms with Crippen LogP contribution in [0.1, 0.15) is 5.56 Å². The minimum absolute atomic E-state index is 0.102. The number of amides is 2. The fourth-order valence-electron chi connectivity index (χ4n) is 1.74. The maximum absolute atomic E-state index is 11.7. The summed E-state index contributed by atoms with van der Waals surface area (Å²) in [5.41, 5.74) is 8.35. The predicted molar refractivity (Wildman–Crippen MR) is 62.2 cm³/mol. The van der Waals surface area contributed by atoms with Gasteiger partial charge in [-0.3, -0.25) is 0 Å². The van der Waals surface area contributed by atoms with Crippen molar-refractivity contribution in [3.8, 4) is 0 Å². The molecule has 16 heavy (non-hydrogen) atoms. The number of nitrogens with two attached hydrogens (primary N) is 1. The van der Waals surface area contributed by atoms with Crippen molar-refractivity contribution in [1.29, 1.82) is 0 Å². The third-order valence-electron chi connectivity index (χ3n) is 2.66. The number of rotatable bonds is 3. The Balaban J connectivity index is 2.20. The monoisotopic (exact) mass is 221 g/mol. The number of methoxy groups -OCH3 is 1. The van der Waals surface area contributed by atoms with E-state index in [4.69, 9.17) is 10.5 Å². The van der Waals surface area contributed by atoms with Gasteiger partial charge in [0, 0.05) is 30.6 Å². The summed E-state index contributed by atoms with van der Waals surface area (Å²) in [5.74, 6) is 0. The summed E-state index contributed by atoms with van der Waals surface area (Å²) in [6.45, 7) is 1.63. The first-order valence-corrected chi connectivity index (χ1v) is 5.14. The molecule has 2 rings (SSSR count). The van der Waals surface area contributed by atoms with Gasteiger partial charge in [-0.25, -0.2) is 4.79 Å². The lowest BCUT2D eigenvalue weighted by Gasteiger charge is -2.29. The number of fused-ring (bicyclic) bond motifs is 1. The molecule has 0 atom stereocenters. The molecule has 1 aromatic rings. The number of carbonyl (C=O) groups is 1. The van der Waals surface area contributed by atoms with Gasteiger partial charge in [-0.15, -0.1) is 0 Å². The number of nitrogens with zero attached hydrogens (tertiary/aromatic N) is 1. The standard InChI is InChI=1S/C11H15N3O2/c1-16-6-5-14-7-8-9(12)3-2-4-10(8)13-11(14)15/h2-4H,5-7,12H2,1H3,(H,13,15). The highest BCUT2D eigenvalue weighted by Gasteiger charge is 2.23. The Morgan fingerprint density at radius 1 is 1.56 bits per heavy atom. The quantitative estimate of drug-likeness (QED) is 0.755. The Kier molecular flexibility index (Phi) is 2.96. The molecule has 0 unspecified atom stereocenters. The summed E-state index contributed by atoms with van der Waals surface area (Å²) < 4.78 is 4.96. The molecule has 0 aromatic heterocycles. The van der Waals surface area contributed by atoms with E-state index in [-0.39, 0.29) is 6.03 Å². The van der Waals surface area contributed by atoms with Crippen molar-refractivity contribution in [1.82, 2.24) is 4.90 Å². The van der Waals surface area contributed by atoms with E-state index in [2.05, 4.69) is 5.32 Å². The molecule has 5 heteroatoms. The molecule has 0 aliphatic carbocycles. The summed E-state index contributed by atoms with van der Waals surface area (Å²) in [4.78, 5) is 13.4. The van der Waals surface area contributed by atoms with Crippen LogP contribution in [0.15, 0.2) is 18.2 Å². The molecule has 86 valence electrons. The first-order chi connectivity index (χ1) is 7.72. The predicted octanol–water partition coefficient (Wildman–Crippen LogP) is 1.26. The second kappa shape index (κ2) is 4.40. The Morgan fingerprint density at radius 2 is 2.38 bits per heavy atom. The smallest absolute Gasteiger partial charge is 0.322 e. The minimum Gasteiger partial charge on any atom is -0.398 e. The molecule has 0 saturated carbocycles. The van der Waals surface area contributed by atoms with E-state index in [1.54, 1.807) is 12.0 Å². The van der Waals surface area contributed by atoms with Gasteiger partial charge < -0.3 is 20.7 Å². The average Bonchev–Trinajstić information content (AvgIpc) is 2.27. The molecule has 5 nitrogen and oxygen atoms in total. The van der Waals surface area contributed by atoms with E-state index < -0.39 is 0 Å². The van der Waals surface area contributed by atoms with Crippen LogP contribution in [0.25, 0.3) is 0 Å². The highest BCUT2D eigenvalue weighted by Crippen LogP contribution is 2.27. The van der Waals surface area contributed by atoms with Gasteiger partial charge in [0.25, 0.3) is 0 Å². The summed E-state index contributed by atoms with van der Waals surface area (Å²) in [7, 11) is 1.62.